The number of ether oxygens (including phenoxy) is 2. The molecule has 0 bridgehead atoms. The molecule has 28 heavy (non-hydrogen) atoms. The van der Waals surface area contributed by atoms with Crippen molar-refractivity contribution in [2.24, 2.45) is 0 Å². The highest BCUT2D eigenvalue weighted by molar-refractivity contribution is 5.58. The molecule has 2 aromatic rings. The van der Waals surface area contributed by atoms with Gasteiger partial charge in [0.1, 0.15) is 0 Å². The molecule has 3 rings (SSSR count). The summed E-state index contributed by atoms with van der Waals surface area (Å²) >= 11 is 0. The average Bonchev–Trinajstić information content (AvgIpc) is 2.54. The topological polar surface area (TPSA) is 41.6 Å². The Kier molecular flexibility index (Phi) is 5.22. The lowest BCUT2D eigenvalue weighted by Crippen LogP contribution is -2.28. The minimum absolute atomic E-state index is 0.131. The Morgan fingerprint density at radius 1 is 0.893 bits per heavy atom. The van der Waals surface area contributed by atoms with Crippen molar-refractivity contribution in [3.05, 3.63) is 47.5 Å². The average molecular weight is 406 g/mol. The van der Waals surface area contributed by atoms with E-state index in [4.69, 9.17) is 0 Å². The van der Waals surface area contributed by atoms with E-state index in [1.54, 1.807) is 6.07 Å². The number of rotatable bonds is 4. The zero-order valence-corrected chi connectivity index (χ0v) is 14.2. The molecule has 0 fully saturated rings. The molecule has 0 saturated heterocycles. The first-order chi connectivity index (χ1) is 13.0. The second-order valence-electron chi connectivity index (χ2n) is 6.19. The van der Waals surface area contributed by atoms with Gasteiger partial charge in [-0.1, -0.05) is 6.07 Å². The summed E-state index contributed by atoms with van der Waals surface area (Å²) in [6.45, 7) is 0.715. The van der Waals surface area contributed by atoms with E-state index in [0.717, 1.165) is 29.8 Å². The summed E-state index contributed by atoms with van der Waals surface area (Å²) < 4.78 is 82.4. The van der Waals surface area contributed by atoms with Gasteiger partial charge in [0.05, 0.1) is 0 Å². The Morgan fingerprint density at radius 2 is 1.57 bits per heavy atom. The summed E-state index contributed by atoms with van der Waals surface area (Å²) in [4.78, 5) is 1.84. The van der Waals surface area contributed by atoms with Crippen LogP contribution in [0.5, 0.6) is 17.2 Å². The van der Waals surface area contributed by atoms with E-state index in [2.05, 4.69) is 9.47 Å². The molecule has 4 nitrogen and oxygen atoms in total. The largest absolute Gasteiger partial charge is 0.573 e. The molecule has 0 aliphatic carbocycles. The summed E-state index contributed by atoms with van der Waals surface area (Å²) in [5.41, 5.74) is 1.88. The van der Waals surface area contributed by atoms with E-state index >= 15 is 0 Å². The van der Waals surface area contributed by atoms with E-state index in [9.17, 15) is 31.4 Å². The predicted molar refractivity (Wildman–Crippen MR) is 85.8 cm³/mol. The van der Waals surface area contributed by atoms with Gasteiger partial charge in [0.25, 0.3) is 0 Å². The highest BCUT2D eigenvalue weighted by Gasteiger charge is 2.36. The maximum absolute atomic E-state index is 12.6. The molecule has 0 aromatic heterocycles. The standard InChI is InChI=1S/C18H14F6NO3/c19-17(20,21)27-15-6-3-11(8-16(15)28-18(22,23)24)10-25-7-1-2-12-9-13(26)4-5-14(12)25/h3-6,8-9H,1-2,7,10H2. The van der Waals surface area contributed by atoms with Crippen LogP contribution < -0.4 is 14.4 Å². The first-order valence-corrected chi connectivity index (χ1v) is 8.19. The number of benzene rings is 2. The van der Waals surface area contributed by atoms with Gasteiger partial charge in [-0.3, -0.25) is 5.11 Å². The molecule has 1 heterocycles. The molecule has 0 amide bonds. The molecule has 1 radical (unpaired) electrons. The van der Waals surface area contributed by atoms with Crippen molar-refractivity contribution < 1.29 is 40.9 Å². The zero-order valence-electron chi connectivity index (χ0n) is 14.2. The Balaban J connectivity index is 1.88. The maximum Gasteiger partial charge on any atom is 0.573 e. The van der Waals surface area contributed by atoms with Crippen LogP contribution in [0.4, 0.5) is 32.0 Å². The van der Waals surface area contributed by atoms with Crippen LogP contribution in [0.2, 0.25) is 0 Å². The Labute approximate surface area is 155 Å². The van der Waals surface area contributed by atoms with E-state index in [-0.39, 0.29) is 12.3 Å². The van der Waals surface area contributed by atoms with Gasteiger partial charge in [0.15, 0.2) is 17.2 Å². The van der Waals surface area contributed by atoms with Gasteiger partial charge in [-0.05, 0) is 54.3 Å². The lowest BCUT2D eigenvalue weighted by atomic mass is 10.0. The number of anilines is 1. The summed E-state index contributed by atoms with van der Waals surface area (Å²) in [7, 11) is 0. The van der Waals surface area contributed by atoms with Crippen molar-refractivity contribution >= 4 is 5.69 Å². The van der Waals surface area contributed by atoms with E-state index in [0.29, 0.717) is 18.5 Å². The van der Waals surface area contributed by atoms with Crippen LogP contribution in [0, 0.1) is 0 Å². The third-order valence-corrected chi connectivity index (χ3v) is 4.10. The number of aryl methyl sites for hydroxylation is 1. The van der Waals surface area contributed by atoms with Crippen LogP contribution >= 0.6 is 0 Å². The van der Waals surface area contributed by atoms with Crippen molar-refractivity contribution in [2.75, 3.05) is 11.4 Å². The number of halogens is 6. The van der Waals surface area contributed by atoms with Crippen molar-refractivity contribution in [3.8, 4) is 17.2 Å². The van der Waals surface area contributed by atoms with Gasteiger partial charge in [-0.15, -0.1) is 26.3 Å². The SMILES string of the molecule is [O]c1ccc2c(c1)CCCN2Cc1ccc(OC(F)(F)F)c(OC(F)(F)F)c1. The van der Waals surface area contributed by atoms with Crippen LogP contribution in [0.15, 0.2) is 36.4 Å². The highest BCUT2D eigenvalue weighted by atomic mass is 19.4. The van der Waals surface area contributed by atoms with Crippen LogP contribution in [0.1, 0.15) is 17.5 Å². The van der Waals surface area contributed by atoms with Crippen molar-refractivity contribution in [1.29, 1.82) is 0 Å². The quantitative estimate of drug-likeness (QED) is 0.623. The van der Waals surface area contributed by atoms with Crippen LogP contribution in [-0.2, 0) is 18.1 Å². The van der Waals surface area contributed by atoms with Crippen molar-refractivity contribution in [3.63, 3.8) is 0 Å². The molecular weight excluding hydrogens is 392 g/mol. The zero-order chi connectivity index (χ0) is 20.5. The number of hydrogen-bond acceptors (Lipinski definition) is 3. The predicted octanol–water partition coefficient (Wildman–Crippen LogP) is 5.58. The fourth-order valence-corrected chi connectivity index (χ4v) is 3.10. The van der Waals surface area contributed by atoms with Gasteiger partial charge in [-0.25, -0.2) is 0 Å². The lowest BCUT2D eigenvalue weighted by molar-refractivity contribution is -0.287. The third-order valence-electron chi connectivity index (χ3n) is 4.10. The molecule has 10 heteroatoms. The number of alkyl halides is 6. The summed E-state index contributed by atoms with van der Waals surface area (Å²) in [6.07, 6.45) is -8.90. The molecule has 151 valence electrons. The normalized spacial score (nSPS) is 14.6. The fraction of sp³-hybridized carbons (Fsp3) is 0.333. The minimum Gasteiger partial charge on any atom is -0.402 e. The van der Waals surface area contributed by atoms with Crippen LogP contribution in [0.25, 0.3) is 0 Å². The van der Waals surface area contributed by atoms with Crippen molar-refractivity contribution in [1.82, 2.24) is 0 Å². The van der Waals surface area contributed by atoms with E-state index < -0.39 is 24.2 Å². The summed E-state index contributed by atoms with van der Waals surface area (Å²) in [6, 6.07) is 7.40. The second-order valence-corrected chi connectivity index (χ2v) is 6.19. The second kappa shape index (κ2) is 7.33. The summed E-state index contributed by atoms with van der Waals surface area (Å²) in [5, 5.41) is 11.5. The first kappa shape index (κ1) is 20.0. The Hall–Kier alpha value is -2.78. The summed E-state index contributed by atoms with van der Waals surface area (Å²) in [5.74, 6) is -2.30. The molecule has 0 unspecified atom stereocenters. The Bertz CT molecular complexity index is 850. The third kappa shape index (κ3) is 5.14. The molecule has 0 atom stereocenters. The fourth-order valence-electron chi connectivity index (χ4n) is 3.10. The lowest BCUT2D eigenvalue weighted by Gasteiger charge is -2.31. The number of fused-ring (bicyclic) bond motifs is 1. The molecular formula is C18H14F6NO3. The molecule has 0 spiro atoms. The number of hydrogen-bond donors (Lipinski definition) is 0. The maximum atomic E-state index is 12.6. The van der Waals surface area contributed by atoms with Gasteiger partial charge in [0.2, 0.25) is 0 Å². The number of nitrogens with zero attached hydrogens (tertiary/aromatic N) is 1. The molecule has 0 N–H and O–H groups in total. The van der Waals surface area contributed by atoms with Gasteiger partial charge >= 0.3 is 12.7 Å². The minimum atomic E-state index is -5.18. The van der Waals surface area contributed by atoms with Gasteiger partial charge in [-0.2, -0.15) is 0 Å². The Morgan fingerprint density at radius 3 is 2.25 bits per heavy atom. The smallest absolute Gasteiger partial charge is 0.402 e. The van der Waals surface area contributed by atoms with E-state index in [1.165, 1.54) is 18.2 Å². The molecule has 0 saturated carbocycles. The first-order valence-electron chi connectivity index (χ1n) is 8.19. The van der Waals surface area contributed by atoms with Crippen LogP contribution in [-0.4, -0.2) is 19.3 Å². The van der Waals surface area contributed by atoms with Gasteiger partial charge in [0, 0.05) is 18.8 Å². The molecule has 1 aliphatic heterocycles. The van der Waals surface area contributed by atoms with Crippen LogP contribution in [0.3, 0.4) is 0 Å². The molecule has 2 aromatic carbocycles. The molecule has 1 aliphatic rings. The van der Waals surface area contributed by atoms with E-state index in [1.807, 2.05) is 4.90 Å². The highest BCUT2D eigenvalue weighted by Crippen LogP contribution is 2.37. The van der Waals surface area contributed by atoms with Crippen molar-refractivity contribution in [2.45, 2.75) is 32.1 Å². The monoisotopic (exact) mass is 406 g/mol. The van der Waals surface area contributed by atoms with Gasteiger partial charge < -0.3 is 14.4 Å².